The Kier molecular flexibility index (Phi) is 3.42. The number of nitrogens with zero attached hydrogens (tertiary/aromatic N) is 3. The lowest BCUT2D eigenvalue weighted by Crippen LogP contribution is -2.11. The largest absolute Gasteiger partial charge is 0.443 e. The molecule has 1 N–H and O–H groups in total. The molecule has 0 saturated heterocycles. The third-order valence-electron chi connectivity index (χ3n) is 2.74. The second-order valence-corrected chi connectivity index (χ2v) is 5.30. The molecule has 0 bridgehead atoms. The fraction of sp³-hybridized carbons (Fsp3) is 0.231. The van der Waals surface area contributed by atoms with Crippen LogP contribution in [0.1, 0.15) is 28.7 Å². The van der Waals surface area contributed by atoms with Crippen molar-refractivity contribution in [3.05, 3.63) is 35.2 Å². The van der Waals surface area contributed by atoms with Crippen LogP contribution in [-0.2, 0) is 6.42 Å². The Hall–Kier alpha value is -2.28. The maximum absolute atomic E-state index is 12.1. The van der Waals surface area contributed by atoms with Crippen LogP contribution < -0.4 is 5.32 Å². The molecule has 3 rings (SSSR count). The Labute approximate surface area is 118 Å². The van der Waals surface area contributed by atoms with Crippen LogP contribution in [0.3, 0.4) is 0 Å². The molecule has 0 aliphatic rings. The first-order chi connectivity index (χ1) is 9.76. The molecule has 6 nitrogen and oxygen atoms in total. The van der Waals surface area contributed by atoms with Crippen molar-refractivity contribution in [1.82, 2.24) is 15.2 Å². The van der Waals surface area contributed by atoms with E-state index in [1.165, 1.54) is 17.7 Å². The lowest BCUT2D eigenvalue weighted by atomic mass is 10.2. The summed E-state index contributed by atoms with van der Waals surface area (Å²) in [7, 11) is 0. The Bertz CT molecular complexity index is 750. The number of hydrogen-bond acceptors (Lipinski definition) is 6. The van der Waals surface area contributed by atoms with Gasteiger partial charge in [-0.1, -0.05) is 18.3 Å². The Morgan fingerprint density at radius 2 is 2.30 bits per heavy atom. The second kappa shape index (κ2) is 5.38. The molecule has 0 aliphatic heterocycles. The molecule has 2 heterocycles. The average molecular weight is 288 g/mol. The summed E-state index contributed by atoms with van der Waals surface area (Å²) in [6, 6.07) is 5.10. The standard InChI is InChI=1S/C13H12N4O2S/c1-2-3-11-16-17-13(20-11)15-12(18)8-4-5-10-9(6-8)14-7-19-10/h4-7H,2-3H2,1H3,(H,15,17,18). The second-order valence-electron chi connectivity index (χ2n) is 4.24. The number of aryl methyl sites for hydroxylation is 1. The molecule has 0 spiro atoms. The third-order valence-corrected chi connectivity index (χ3v) is 3.64. The van der Waals surface area contributed by atoms with Crippen molar-refractivity contribution in [2.24, 2.45) is 0 Å². The highest BCUT2D eigenvalue weighted by Crippen LogP contribution is 2.19. The fourth-order valence-electron chi connectivity index (χ4n) is 1.79. The van der Waals surface area contributed by atoms with Crippen LogP contribution in [-0.4, -0.2) is 21.1 Å². The summed E-state index contributed by atoms with van der Waals surface area (Å²) in [5.41, 5.74) is 1.82. The summed E-state index contributed by atoms with van der Waals surface area (Å²) < 4.78 is 5.14. The molecule has 102 valence electrons. The molecule has 0 aliphatic carbocycles. The first-order valence-corrected chi connectivity index (χ1v) is 7.05. The first kappa shape index (κ1) is 12.7. The van der Waals surface area contributed by atoms with E-state index in [-0.39, 0.29) is 5.91 Å². The minimum atomic E-state index is -0.228. The van der Waals surface area contributed by atoms with Crippen molar-refractivity contribution in [3.8, 4) is 0 Å². The molecule has 0 fully saturated rings. The highest BCUT2D eigenvalue weighted by Gasteiger charge is 2.11. The Morgan fingerprint density at radius 3 is 3.15 bits per heavy atom. The van der Waals surface area contributed by atoms with E-state index in [0.717, 1.165) is 17.8 Å². The molecule has 2 aromatic heterocycles. The number of benzene rings is 1. The third kappa shape index (κ3) is 2.53. The van der Waals surface area contributed by atoms with Crippen molar-refractivity contribution >= 4 is 33.5 Å². The SMILES string of the molecule is CCCc1nnc(NC(=O)c2ccc3ocnc3c2)s1. The minimum Gasteiger partial charge on any atom is -0.443 e. The van der Waals surface area contributed by atoms with Gasteiger partial charge in [0, 0.05) is 12.0 Å². The summed E-state index contributed by atoms with van der Waals surface area (Å²) in [6.45, 7) is 2.08. The van der Waals surface area contributed by atoms with Crippen molar-refractivity contribution < 1.29 is 9.21 Å². The lowest BCUT2D eigenvalue weighted by Gasteiger charge is -2.00. The van der Waals surface area contributed by atoms with E-state index in [9.17, 15) is 4.79 Å². The van der Waals surface area contributed by atoms with E-state index >= 15 is 0 Å². The quantitative estimate of drug-likeness (QED) is 0.798. The molecule has 0 unspecified atom stereocenters. The van der Waals surface area contributed by atoms with E-state index in [1.54, 1.807) is 18.2 Å². The zero-order valence-corrected chi connectivity index (χ0v) is 11.6. The van der Waals surface area contributed by atoms with E-state index in [4.69, 9.17) is 4.42 Å². The zero-order chi connectivity index (χ0) is 13.9. The summed E-state index contributed by atoms with van der Waals surface area (Å²) in [5.74, 6) is -0.228. The molecule has 0 radical (unpaired) electrons. The zero-order valence-electron chi connectivity index (χ0n) is 10.8. The smallest absolute Gasteiger partial charge is 0.257 e. The minimum absolute atomic E-state index is 0.228. The van der Waals surface area contributed by atoms with Crippen LogP contribution in [0.15, 0.2) is 29.0 Å². The van der Waals surface area contributed by atoms with E-state index in [2.05, 4.69) is 27.4 Å². The van der Waals surface area contributed by atoms with Gasteiger partial charge in [0.2, 0.25) is 5.13 Å². The molecule has 3 aromatic rings. The van der Waals surface area contributed by atoms with E-state index in [0.29, 0.717) is 21.8 Å². The normalized spacial score (nSPS) is 10.8. The van der Waals surface area contributed by atoms with Crippen LogP contribution in [0.4, 0.5) is 5.13 Å². The molecule has 1 aromatic carbocycles. The van der Waals surface area contributed by atoms with Gasteiger partial charge in [-0.15, -0.1) is 10.2 Å². The molecule has 7 heteroatoms. The van der Waals surface area contributed by atoms with Gasteiger partial charge >= 0.3 is 0 Å². The number of carbonyl (C=O) groups is 1. The van der Waals surface area contributed by atoms with Crippen LogP contribution in [0.2, 0.25) is 0 Å². The summed E-state index contributed by atoms with van der Waals surface area (Å²) in [5, 5.41) is 12.2. The predicted octanol–water partition coefficient (Wildman–Crippen LogP) is 2.88. The first-order valence-electron chi connectivity index (χ1n) is 6.23. The van der Waals surface area contributed by atoms with Crippen molar-refractivity contribution in [1.29, 1.82) is 0 Å². The number of hydrogen-bond donors (Lipinski definition) is 1. The number of rotatable bonds is 4. The number of amides is 1. The van der Waals surface area contributed by atoms with Gasteiger partial charge in [-0.2, -0.15) is 0 Å². The van der Waals surface area contributed by atoms with Crippen molar-refractivity contribution in [2.75, 3.05) is 5.32 Å². The average Bonchev–Trinajstić information content (AvgIpc) is 3.07. The van der Waals surface area contributed by atoms with E-state index < -0.39 is 0 Å². The summed E-state index contributed by atoms with van der Waals surface area (Å²) >= 11 is 1.40. The molecular weight excluding hydrogens is 276 g/mol. The predicted molar refractivity (Wildman–Crippen MR) is 75.9 cm³/mol. The highest BCUT2D eigenvalue weighted by molar-refractivity contribution is 7.15. The maximum atomic E-state index is 12.1. The fourth-order valence-corrected chi connectivity index (χ4v) is 2.62. The lowest BCUT2D eigenvalue weighted by molar-refractivity contribution is 0.102. The monoisotopic (exact) mass is 288 g/mol. The number of nitrogens with one attached hydrogen (secondary N) is 1. The van der Waals surface area contributed by atoms with Crippen LogP contribution >= 0.6 is 11.3 Å². The number of fused-ring (bicyclic) bond motifs is 1. The topological polar surface area (TPSA) is 80.9 Å². The summed E-state index contributed by atoms with van der Waals surface area (Å²) in [6.07, 6.45) is 3.23. The summed E-state index contributed by atoms with van der Waals surface area (Å²) in [4.78, 5) is 16.1. The van der Waals surface area contributed by atoms with Crippen molar-refractivity contribution in [2.45, 2.75) is 19.8 Å². The number of oxazole rings is 1. The Balaban J connectivity index is 1.77. The highest BCUT2D eigenvalue weighted by atomic mass is 32.1. The van der Waals surface area contributed by atoms with Gasteiger partial charge in [0.15, 0.2) is 12.0 Å². The molecule has 0 saturated carbocycles. The Morgan fingerprint density at radius 1 is 1.40 bits per heavy atom. The molecule has 0 atom stereocenters. The van der Waals surface area contributed by atoms with Gasteiger partial charge < -0.3 is 4.42 Å². The van der Waals surface area contributed by atoms with Crippen molar-refractivity contribution in [3.63, 3.8) is 0 Å². The number of carbonyl (C=O) groups excluding carboxylic acids is 1. The van der Waals surface area contributed by atoms with Gasteiger partial charge in [0.25, 0.3) is 5.91 Å². The van der Waals surface area contributed by atoms with Crippen LogP contribution in [0.5, 0.6) is 0 Å². The molecular formula is C13H12N4O2S. The van der Waals surface area contributed by atoms with Gasteiger partial charge in [0.05, 0.1) is 0 Å². The maximum Gasteiger partial charge on any atom is 0.257 e. The number of anilines is 1. The van der Waals surface area contributed by atoms with Gasteiger partial charge in [-0.3, -0.25) is 10.1 Å². The van der Waals surface area contributed by atoms with Crippen LogP contribution in [0, 0.1) is 0 Å². The van der Waals surface area contributed by atoms with Crippen LogP contribution in [0.25, 0.3) is 11.1 Å². The van der Waals surface area contributed by atoms with Gasteiger partial charge in [-0.05, 0) is 24.6 Å². The molecule has 1 amide bonds. The van der Waals surface area contributed by atoms with E-state index in [1.807, 2.05) is 0 Å². The number of aromatic nitrogens is 3. The molecule has 20 heavy (non-hydrogen) atoms. The van der Waals surface area contributed by atoms with Gasteiger partial charge in [-0.25, -0.2) is 4.98 Å². The van der Waals surface area contributed by atoms with Gasteiger partial charge in [0.1, 0.15) is 10.5 Å².